The third-order valence-corrected chi connectivity index (χ3v) is 8.34. The number of ether oxygens (including phenoxy) is 1. The zero-order valence-corrected chi connectivity index (χ0v) is 25.4. The van der Waals surface area contributed by atoms with Gasteiger partial charge in [-0.05, 0) is 65.4 Å². The molecule has 2 amide bonds. The fraction of sp³-hybridized carbons (Fsp3) is 0.370. The molecule has 3 aromatic rings. The number of rotatable bonds is 9. The van der Waals surface area contributed by atoms with Gasteiger partial charge in [-0.25, -0.2) is 36.2 Å². The van der Waals surface area contributed by atoms with E-state index < -0.39 is 68.2 Å². The zero-order valence-electron chi connectivity index (χ0n) is 23.8. The quantitative estimate of drug-likeness (QED) is 0.297. The van der Waals surface area contributed by atoms with E-state index in [0.29, 0.717) is 22.6 Å². The number of amides is 2. The highest BCUT2D eigenvalue weighted by molar-refractivity contribution is 7.93. The number of carbonyl (C=O) groups is 2. The summed E-state index contributed by atoms with van der Waals surface area (Å²) in [4.78, 5) is 29.7. The molecule has 0 aliphatic rings. The Morgan fingerprint density at radius 1 is 1.07 bits per heavy atom. The molecule has 15 heteroatoms. The first-order valence-electron chi connectivity index (χ1n) is 12.6. The Bertz CT molecular complexity index is 1540. The van der Waals surface area contributed by atoms with Gasteiger partial charge in [0.2, 0.25) is 0 Å². The lowest BCUT2D eigenvalue weighted by Crippen LogP contribution is -2.42. The first-order chi connectivity index (χ1) is 19.4. The van der Waals surface area contributed by atoms with Crippen molar-refractivity contribution in [1.82, 2.24) is 9.88 Å². The van der Waals surface area contributed by atoms with Crippen molar-refractivity contribution in [2.24, 2.45) is 0 Å². The van der Waals surface area contributed by atoms with E-state index in [9.17, 15) is 27.5 Å². The van der Waals surface area contributed by atoms with Crippen molar-refractivity contribution in [1.29, 1.82) is 0 Å². The predicted molar refractivity (Wildman–Crippen MR) is 152 cm³/mol. The van der Waals surface area contributed by atoms with Gasteiger partial charge in [-0.1, -0.05) is 12.1 Å². The number of anilines is 2. The molecule has 228 valence electrons. The summed E-state index contributed by atoms with van der Waals surface area (Å²) < 4.78 is 78.0. The van der Waals surface area contributed by atoms with Gasteiger partial charge >= 0.3 is 12.2 Å². The van der Waals surface area contributed by atoms with Gasteiger partial charge in [-0.2, -0.15) is 0 Å². The second-order valence-electron chi connectivity index (χ2n) is 10.6. The molecule has 0 saturated carbocycles. The largest absolute Gasteiger partial charge is 0.465 e. The molecule has 0 spiro atoms. The van der Waals surface area contributed by atoms with Crippen LogP contribution in [-0.4, -0.2) is 54.3 Å². The van der Waals surface area contributed by atoms with Crippen LogP contribution in [0.3, 0.4) is 0 Å². The van der Waals surface area contributed by atoms with Crippen LogP contribution < -0.4 is 9.21 Å². The van der Waals surface area contributed by atoms with Crippen molar-refractivity contribution < 1.29 is 41.0 Å². The number of hydrogen-bond acceptors (Lipinski definition) is 8. The van der Waals surface area contributed by atoms with Gasteiger partial charge < -0.3 is 9.84 Å². The van der Waals surface area contributed by atoms with E-state index in [-0.39, 0.29) is 22.5 Å². The number of benzene rings is 2. The van der Waals surface area contributed by atoms with E-state index in [1.54, 1.807) is 13.1 Å². The molecule has 0 aliphatic carbocycles. The molecule has 0 unspecified atom stereocenters. The normalized spacial score (nSPS) is 12.1. The minimum Gasteiger partial charge on any atom is -0.465 e. The Morgan fingerprint density at radius 2 is 1.69 bits per heavy atom. The highest BCUT2D eigenvalue weighted by Gasteiger charge is 2.40. The molecular formula is C27H31F3N4O6S2. The third-order valence-electron chi connectivity index (χ3n) is 6.04. The van der Waals surface area contributed by atoms with Crippen molar-refractivity contribution in [2.75, 3.05) is 16.3 Å². The van der Waals surface area contributed by atoms with Crippen molar-refractivity contribution in [3.8, 4) is 0 Å². The highest BCUT2D eigenvalue weighted by Crippen LogP contribution is 2.33. The molecule has 0 radical (unpaired) electrons. The van der Waals surface area contributed by atoms with Gasteiger partial charge in [0, 0.05) is 23.5 Å². The maximum Gasteiger partial charge on any atom is 0.430 e. The van der Waals surface area contributed by atoms with E-state index in [2.05, 4.69) is 4.98 Å². The van der Waals surface area contributed by atoms with Crippen LogP contribution in [0.4, 0.5) is 34.3 Å². The maximum atomic E-state index is 15.5. The van der Waals surface area contributed by atoms with Gasteiger partial charge in [0.15, 0.2) is 10.7 Å². The topological polar surface area (TPSA) is 120 Å². The maximum absolute atomic E-state index is 15.5. The van der Waals surface area contributed by atoms with Crippen molar-refractivity contribution in [3.63, 3.8) is 0 Å². The Hall–Kier alpha value is -3.69. The summed E-state index contributed by atoms with van der Waals surface area (Å²) in [5.74, 6) is -4.56. The van der Waals surface area contributed by atoms with Gasteiger partial charge in [-0.15, -0.1) is 15.6 Å². The summed E-state index contributed by atoms with van der Waals surface area (Å²) >= 11 is 0.923. The number of aromatic nitrogens is 1. The first-order valence-corrected chi connectivity index (χ1v) is 14.9. The second-order valence-corrected chi connectivity index (χ2v) is 13.0. The lowest BCUT2D eigenvalue weighted by molar-refractivity contribution is 0.0608. The van der Waals surface area contributed by atoms with Crippen molar-refractivity contribution in [2.45, 2.75) is 64.2 Å². The summed E-state index contributed by atoms with van der Waals surface area (Å²) in [7, 11) is -3.50. The molecule has 0 fully saturated rings. The van der Waals surface area contributed by atoms with Crippen LogP contribution in [0.5, 0.6) is 0 Å². The Balaban J connectivity index is 2.08. The average Bonchev–Trinajstić information content (AvgIpc) is 3.35. The smallest absolute Gasteiger partial charge is 0.430 e. The summed E-state index contributed by atoms with van der Waals surface area (Å²) in [6.45, 7) is 7.87. The van der Waals surface area contributed by atoms with E-state index >= 15 is 8.78 Å². The van der Waals surface area contributed by atoms with E-state index in [1.807, 2.05) is 18.7 Å². The lowest BCUT2D eigenvalue weighted by atomic mass is 10.0. The molecular weight excluding hydrogens is 597 g/mol. The highest BCUT2D eigenvalue weighted by atomic mass is 32.2. The van der Waals surface area contributed by atoms with Gasteiger partial charge in [0.1, 0.15) is 23.1 Å². The number of hydrogen-bond donors (Lipinski definition) is 1. The van der Waals surface area contributed by atoms with Crippen LogP contribution in [0.25, 0.3) is 0 Å². The third kappa shape index (κ3) is 7.38. The van der Waals surface area contributed by atoms with E-state index in [4.69, 9.17) is 4.74 Å². The van der Waals surface area contributed by atoms with Crippen LogP contribution >= 0.6 is 11.3 Å². The second kappa shape index (κ2) is 12.7. The molecule has 1 heterocycles. The zero-order chi connectivity index (χ0) is 31.6. The summed E-state index contributed by atoms with van der Waals surface area (Å²) in [5, 5.41) is 11.1. The van der Waals surface area contributed by atoms with Gasteiger partial charge in [0.05, 0.1) is 17.7 Å². The standard InChI is InChI=1S/C27H31F3N4O6S2/c1-16(2)32(6)12-17-8-7-9-20(28)19(17)13-33(25(35)36)18-10-21(29)24(22(30)11-18)42(38,39)34(23-14-41-15-31-23)26(37)40-27(3,4)5/h7-11,14-16H,12-13H2,1-6H3,(H,35,36). The molecule has 3 rings (SSSR count). The molecule has 0 bridgehead atoms. The molecule has 0 atom stereocenters. The van der Waals surface area contributed by atoms with Crippen LogP contribution in [0.1, 0.15) is 45.7 Å². The fourth-order valence-corrected chi connectivity index (χ4v) is 5.73. The molecule has 1 N–H and O–H groups in total. The molecule has 1 aromatic heterocycles. The SMILES string of the molecule is CC(C)N(C)Cc1cccc(F)c1CN(C(=O)O)c1cc(F)c(S(=O)(=O)N(C(=O)OC(C)(C)C)c2cscn2)c(F)c1. The molecule has 10 nitrogen and oxygen atoms in total. The summed E-state index contributed by atoms with van der Waals surface area (Å²) in [6, 6.07) is 5.26. The Labute approximate surface area is 246 Å². The number of halogens is 3. The van der Waals surface area contributed by atoms with E-state index in [1.165, 1.54) is 37.7 Å². The molecule has 2 aromatic carbocycles. The van der Waals surface area contributed by atoms with E-state index in [0.717, 1.165) is 17.4 Å². The minimum atomic E-state index is -5.29. The van der Waals surface area contributed by atoms with Crippen LogP contribution in [0.2, 0.25) is 0 Å². The fourth-order valence-electron chi connectivity index (χ4n) is 3.77. The first kappa shape index (κ1) is 32.8. The molecule has 42 heavy (non-hydrogen) atoms. The average molecular weight is 629 g/mol. The summed E-state index contributed by atoms with van der Waals surface area (Å²) in [5.41, 5.74) is -0.128. The van der Waals surface area contributed by atoms with Crippen LogP contribution in [-0.2, 0) is 27.8 Å². The number of carbonyl (C=O) groups excluding carboxylic acids is 1. The number of thiazole rings is 1. The van der Waals surface area contributed by atoms with Crippen molar-refractivity contribution in [3.05, 3.63) is 69.8 Å². The van der Waals surface area contributed by atoms with Gasteiger partial charge in [0.25, 0.3) is 10.0 Å². The van der Waals surface area contributed by atoms with Crippen LogP contribution in [0.15, 0.2) is 46.1 Å². The molecule has 0 aliphatic heterocycles. The lowest BCUT2D eigenvalue weighted by Gasteiger charge is -2.27. The monoisotopic (exact) mass is 628 g/mol. The minimum absolute atomic E-state index is 0.0236. The molecule has 0 saturated heterocycles. The predicted octanol–water partition coefficient (Wildman–Crippen LogP) is 6.22. The number of nitrogens with zero attached hydrogens (tertiary/aromatic N) is 4. The number of carboxylic acid groups (broad SMARTS) is 1. The number of sulfonamides is 1. The van der Waals surface area contributed by atoms with Gasteiger partial charge in [-0.3, -0.25) is 9.80 Å². The Morgan fingerprint density at radius 3 is 2.19 bits per heavy atom. The van der Waals surface area contributed by atoms with Crippen molar-refractivity contribution >= 4 is 45.1 Å². The van der Waals surface area contributed by atoms with Crippen LogP contribution in [0, 0.1) is 17.5 Å². The summed E-state index contributed by atoms with van der Waals surface area (Å²) in [6.07, 6.45) is -3.13. The Kier molecular flexibility index (Phi) is 9.90.